The monoisotopic (exact) mass is 262 g/mol. The minimum absolute atomic E-state index is 0.0323. The summed E-state index contributed by atoms with van der Waals surface area (Å²) in [6, 6.07) is 10.3. The van der Waals surface area contributed by atoms with Crippen LogP contribution < -0.4 is 5.73 Å². The molecular weight excluding hydrogens is 244 g/mol. The maximum Gasteiger partial charge on any atom is 0.256 e. The number of nitrogens with two attached hydrogens (primary N) is 1. The lowest BCUT2D eigenvalue weighted by atomic mass is 10.1. The lowest BCUT2D eigenvalue weighted by Crippen LogP contribution is -2.22. The highest BCUT2D eigenvalue weighted by Gasteiger charge is 2.20. The van der Waals surface area contributed by atoms with Gasteiger partial charge in [0.2, 0.25) is 0 Å². The van der Waals surface area contributed by atoms with Gasteiger partial charge in [-0.15, -0.1) is 0 Å². The molecule has 0 bridgehead atoms. The van der Waals surface area contributed by atoms with E-state index in [4.69, 9.17) is 10.2 Å². The van der Waals surface area contributed by atoms with Crippen LogP contribution >= 0.6 is 11.8 Å². The molecule has 1 aromatic carbocycles. The molecule has 0 spiro atoms. The molecule has 0 aliphatic rings. The van der Waals surface area contributed by atoms with Gasteiger partial charge in [0.1, 0.15) is 5.76 Å². The van der Waals surface area contributed by atoms with E-state index in [2.05, 4.69) is 17.1 Å². The van der Waals surface area contributed by atoms with Crippen LogP contribution in [0.4, 0.5) is 0 Å². The molecule has 0 amide bonds. The molecular formula is C14H18N2OS. The first-order chi connectivity index (χ1) is 8.58. The van der Waals surface area contributed by atoms with E-state index >= 15 is 0 Å². The molecule has 2 aromatic rings. The highest BCUT2D eigenvalue weighted by atomic mass is 32.2. The predicted molar refractivity (Wildman–Crippen MR) is 74.7 cm³/mol. The van der Waals surface area contributed by atoms with Gasteiger partial charge in [0.15, 0.2) is 0 Å². The first kappa shape index (κ1) is 13.2. The number of aromatic nitrogens is 1. The number of hydrogen-bond acceptors (Lipinski definition) is 4. The molecule has 1 aromatic heterocycles. The Labute approximate surface area is 112 Å². The zero-order valence-electron chi connectivity index (χ0n) is 10.9. The van der Waals surface area contributed by atoms with E-state index in [1.807, 2.05) is 39.0 Å². The molecule has 0 saturated carbocycles. The number of thioether (sulfide) groups is 1. The Bertz CT molecular complexity index is 488. The summed E-state index contributed by atoms with van der Waals surface area (Å²) >= 11 is 1.58. The number of aryl methyl sites for hydroxylation is 2. The predicted octanol–water partition coefficient (Wildman–Crippen LogP) is 3.47. The van der Waals surface area contributed by atoms with Crippen LogP contribution in [-0.2, 0) is 0 Å². The summed E-state index contributed by atoms with van der Waals surface area (Å²) < 4.78 is 5.61. The van der Waals surface area contributed by atoms with E-state index in [0.717, 1.165) is 11.5 Å². The van der Waals surface area contributed by atoms with Crippen LogP contribution in [0.5, 0.6) is 0 Å². The van der Waals surface area contributed by atoms with Crippen LogP contribution in [0.3, 0.4) is 0 Å². The summed E-state index contributed by atoms with van der Waals surface area (Å²) in [4.78, 5) is 4.40. The van der Waals surface area contributed by atoms with Crippen molar-refractivity contribution in [1.29, 1.82) is 0 Å². The van der Waals surface area contributed by atoms with E-state index < -0.39 is 0 Å². The number of nitrogens with zero attached hydrogens (tertiary/aromatic N) is 1. The van der Waals surface area contributed by atoms with Crippen molar-refractivity contribution in [1.82, 2.24) is 4.98 Å². The second-order valence-electron chi connectivity index (χ2n) is 4.43. The van der Waals surface area contributed by atoms with Gasteiger partial charge in [-0.3, -0.25) is 0 Å². The minimum Gasteiger partial charge on any atom is -0.437 e. The van der Waals surface area contributed by atoms with E-state index in [-0.39, 0.29) is 11.3 Å². The largest absolute Gasteiger partial charge is 0.437 e. The summed E-state index contributed by atoms with van der Waals surface area (Å²) in [5.41, 5.74) is 8.21. The third-order valence-electron chi connectivity index (χ3n) is 2.84. The lowest BCUT2D eigenvalue weighted by molar-refractivity contribution is 0.429. The van der Waals surface area contributed by atoms with Crippen molar-refractivity contribution in [3.05, 3.63) is 47.3 Å². The van der Waals surface area contributed by atoms with Crippen molar-refractivity contribution in [2.45, 2.75) is 37.3 Å². The smallest absolute Gasteiger partial charge is 0.256 e. The van der Waals surface area contributed by atoms with E-state index in [9.17, 15) is 0 Å². The highest BCUT2D eigenvalue weighted by Crippen LogP contribution is 2.37. The lowest BCUT2D eigenvalue weighted by Gasteiger charge is -2.18. The van der Waals surface area contributed by atoms with Gasteiger partial charge < -0.3 is 10.2 Å². The molecule has 18 heavy (non-hydrogen) atoms. The van der Waals surface area contributed by atoms with Gasteiger partial charge in [-0.25, -0.2) is 4.98 Å². The van der Waals surface area contributed by atoms with Gasteiger partial charge in [-0.05, 0) is 26.3 Å². The third-order valence-corrected chi connectivity index (χ3v) is 4.17. The minimum atomic E-state index is 0.0323. The van der Waals surface area contributed by atoms with Gasteiger partial charge in [0, 0.05) is 6.04 Å². The van der Waals surface area contributed by atoms with Gasteiger partial charge >= 0.3 is 0 Å². The Morgan fingerprint density at radius 2 is 1.89 bits per heavy atom. The van der Waals surface area contributed by atoms with E-state index in [1.54, 1.807) is 11.8 Å². The van der Waals surface area contributed by atoms with Crippen molar-refractivity contribution in [2.24, 2.45) is 5.73 Å². The topological polar surface area (TPSA) is 52.0 Å². The number of rotatable bonds is 4. The van der Waals surface area contributed by atoms with Crippen molar-refractivity contribution in [3.63, 3.8) is 0 Å². The fourth-order valence-corrected chi connectivity index (χ4v) is 2.81. The fourth-order valence-electron chi connectivity index (χ4n) is 1.72. The highest BCUT2D eigenvalue weighted by molar-refractivity contribution is 7.99. The Balaban J connectivity index is 2.22. The molecule has 2 rings (SSSR count). The van der Waals surface area contributed by atoms with Crippen molar-refractivity contribution in [3.8, 4) is 0 Å². The number of benzene rings is 1. The molecule has 0 saturated heterocycles. The molecule has 0 aliphatic heterocycles. The molecule has 3 nitrogen and oxygen atoms in total. The average Bonchev–Trinajstić information content (AvgIpc) is 2.66. The maximum atomic E-state index is 6.07. The SMILES string of the molecule is Cc1nc(SC(c2ccccc2)C(C)N)oc1C. The number of hydrogen-bond donors (Lipinski definition) is 1. The van der Waals surface area contributed by atoms with Crippen LogP contribution in [0.2, 0.25) is 0 Å². The fraction of sp³-hybridized carbons (Fsp3) is 0.357. The molecule has 0 radical (unpaired) electrons. The maximum absolute atomic E-state index is 6.07. The van der Waals surface area contributed by atoms with Crippen molar-refractivity contribution in [2.75, 3.05) is 0 Å². The number of oxazole rings is 1. The molecule has 0 fully saturated rings. The normalized spacial score (nSPS) is 14.4. The van der Waals surface area contributed by atoms with Crippen LogP contribution in [0.15, 0.2) is 40.0 Å². The van der Waals surface area contributed by atoms with Gasteiger partial charge in [0.05, 0.1) is 10.9 Å². The van der Waals surface area contributed by atoms with E-state index in [1.165, 1.54) is 5.56 Å². The third kappa shape index (κ3) is 2.94. The van der Waals surface area contributed by atoms with E-state index in [0.29, 0.717) is 5.22 Å². The quantitative estimate of drug-likeness (QED) is 0.857. The molecule has 0 aliphatic carbocycles. The first-order valence-electron chi connectivity index (χ1n) is 5.99. The Morgan fingerprint density at radius 3 is 2.39 bits per heavy atom. The molecule has 2 unspecified atom stereocenters. The van der Waals surface area contributed by atoms with Crippen molar-refractivity contribution < 1.29 is 4.42 Å². The molecule has 4 heteroatoms. The molecule has 2 atom stereocenters. The zero-order chi connectivity index (χ0) is 13.1. The second kappa shape index (κ2) is 5.59. The van der Waals surface area contributed by atoms with Crippen LogP contribution in [0.25, 0.3) is 0 Å². The van der Waals surface area contributed by atoms with Gasteiger partial charge in [-0.2, -0.15) is 0 Å². The van der Waals surface area contributed by atoms with Gasteiger partial charge in [0.25, 0.3) is 5.22 Å². The molecule has 1 heterocycles. The van der Waals surface area contributed by atoms with Crippen LogP contribution in [-0.4, -0.2) is 11.0 Å². The first-order valence-corrected chi connectivity index (χ1v) is 6.87. The summed E-state index contributed by atoms with van der Waals surface area (Å²) in [6.07, 6.45) is 0. The second-order valence-corrected chi connectivity index (χ2v) is 5.52. The molecule has 96 valence electrons. The average molecular weight is 262 g/mol. The summed E-state index contributed by atoms with van der Waals surface area (Å²) in [7, 11) is 0. The van der Waals surface area contributed by atoms with Crippen LogP contribution in [0.1, 0.15) is 29.2 Å². The Morgan fingerprint density at radius 1 is 1.22 bits per heavy atom. The van der Waals surface area contributed by atoms with Crippen molar-refractivity contribution >= 4 is 11.8 Å². The van der Waals surface area contributed by atoms with Crippen LogP contribution in [0, 0.1) is 13.8 Å². The Hall–Kier alpha value is -1.26. The Kier molecular flexibility index (Phi) is 4.09. The summed E-state index contributed by atoms with van der Waals surface area (Å²) in [5.74, 6) is 0.869. The summed E-state index contributed by atoms with van der Waals surface area (Å²) in [5, 5.41) is 0.847. The zero-order valence-corrected chi connectivity index (χ0v) is 11.7. The standard InChI is InChI=1S/C14H18N2OS/c1-9(15)13(12-7-5-4-6-8-12)18-14-16-10(2)11(3)17-14/h4-9,13H,15H2,1-3H3. The molecule has 2 N–H and O–H groups in total. The summed E-state index contributed by atoms with van der Waals surface area (Å²) in [6.45, 7) is 5.88. The van der Waals surface area contributed by atoms with Gasteiger partial charge in [-0.1, -0.05) is 42.1 Å².